The second kappa shape index (κ2) is 3.62. The molecule has 2 atom stereocenters. The fourth-order valence-electron chi connectivity index (χ4n) is 2.36. The van der Waals surface area contributed by atoms with E-state index in [2.05, 4.69) is 24.3 Å². The molecule has 1 heterocycles. The van der Waals surface area contributed by atoms with Gasteiger partial charge in [-0.2, -0.15) is 0 Å². The molecule has 1 aromatic carbocycles. The predicted octanol–water partition coefficient (Wildman–Crippen LogP) is 2.35. The summed E-state index contributed by atoms with van der Waals surface area (Å²) in [6, 6.07) is 8.97. The third-order valence-electron chi connectivity index (χ3n) is 3.43. The lowest BCUT2D eigenvalue weighted by molar-refractivity contribution is 0.105. The Hall–Kier alpha value is -0.860. The maximum atomic E-state index is 6.03. The summed E-state index contributed by atoms with van der Waals surface area (Å²) in [5, 5.41) is 0. The van der Waals surface area contributed by atoms with E-state index in [4.69, 9.17) is 10.5 Å². The van der Waals surface area contributed by atoms with Gasteiger partial charge >= 0.3 is 0 Å². The fourth-order valence-corrected chi connectivity index (χ4v) is 2.36. The van der Waals surface area contributed by atoms with Crippen LogP contribution < -0.4 is 5.73 Å². The van der Waals surface area contributed by atoms with Crippen LogP contribution in [0.5, 0.6) is 0 Å². The summed E-state index contributed by atoms with van der Waals surface area (Å²) in [5.41, 5.74) is 8.76. The first kappa shape index (κ1) is 9.37. The van der Waals surface area contributed by atoms with Crippen LogP contribution in [0, 0.1) is 0 Å². The molecule has 2 aliphatic rings. The van der Waals surface area contributed by atoms with E-state index in [-0.39, 0.29) is 12.1 Å². The molecule has 15 heavy (non-hydrogen) atoms. The van der Waals surface area contributed by atoms with Gasteiger partial charge in [-0.05, 0) is 36.3 Å². The minimum absolute atomic E-state index is 0.128. The highest BCUT2D eigenvalue weighted by Gasteiger charge is 2.28. The van der Waals surface area contributed by atoms with E-state index in [1.165, 1.54) is 24.0 Å². The molecule has 2 fully saturated rings. The molecule has 1 aromatic rings. The van der Waals surface area contributed by atoms with Crippen LogP contribution in [0.2, 0.25) is 0 Å². The van der Waals surface area contributed by atoms with Gasteiger partial charge in [-0.1, -0.05) is 24.3 Å². The van der Waals surface area contributed by atoms with E-state index in [1.807, 2.05) is 0 Å². The molecule has 0 radical (unpaired) electrons. The molecule has 2 nitrogen and oxygen atoms in total. The second-order valence-electron chi connectivity index (χ2n) is 4.69. The van der Waals surface area contributed by atoms with Crippen LogP contribution in [-0.4, -0.2) is 12.6 Å². The molecule has 2 N–H and O–H groups in total. The summed E-state index contributed by atoms with van der Waals surface area (Å²) in [6.45, 7) is 0.805. The Morgan fingerprint density at radius 3 is 2.60 bits per heavy atom. The van der Waals surface area contributed by atoms with Crippen molar-refractivity contribution in [2.45, 2.75) is 37.3 Å². The van der Waals surface area contributed by atoms with Crippen molar-refractivity contribution in [2.24, 2.45) is 5.73 Å². The first-order valence-corrected chi connectivity index (χ1v) is 5.81. The minimum Gasteiger partial charge on any atom is -0.372 e. The Bertz CT molecular complexity index is 359. The van der Waals surface area contributed by atoms with E-state index in [0.29, 0.717) is 0 Å². The molecule has 1 aliphatic carbocycles. The molecular weight excluding hydrogens is 186 g/mol. The summed E-state index contributed by atoms with van der Waals surface area (Å²) in [4.78, 5) is 0. The summed E-state index contributed by atoms with van der Waals surface area (Å²) >= 11 is 0. The molecule has 80 valence electrons. The standard InChI is InChI=1S/C13H17NO/c14-12-6-7-15-13(12)11-3-1-2-10(8-11)9-4-5-9/h1-3,8-9,12-13H,4-7,14H2. The highest BCUT2D eigenvalue weighted by Crippen LogP contribution is 2.41. The SMILES string of the molecule is NC1CCOC1c1cccc(C2CC2)c1. The molecule has 0 amide bonds. The van der Waals surface area contributed by atoms with Crippen molar-refractivity contribution in [3.63, 3.8) is 0 Å². The van der Waals surface area contributed by atoms with Gasteiger partial charge in [-0.15, -0.1) is 0 Å². The lowest BCUT2D eigenvalue weighted by Crippen LogP contribution is -2.23. The summed E-state index contributed by atoms with van der Waals surface area (Å²) in [7, 11) is 0. The van der Waals surface area contributed by atoms with Crippen LogP contribution in [0.15, 0.2) is 24.3 Å². The van der Waals surface area contributed by atoms with Crippen LogP contribution in [-0.2, 0) is 4.74 Å². The Labute approximate surface area is 90.4 Å². The van der Waals surface area contributed by atoms with Crippen LogP contribution in [0.1, 0.15) is 42.4 Å². The van der Waals surface area contributed by atoms with Gasteiger partial charge in [0, 0.05) is 12.6 Å². The third-order valence-corrected chi connectivity index (χ3v) is 3.43. The molecule has 1 aliphatic heterocycles. The molecule has 1 saturated heterocycles. The minimum atomic E-state index is 0.128. The van der Waals surface area contributed by atoms with Gasteiger partial charge in [0.15, 0.2) is 0 Å². The first-order chi connectivity index (χ1) is 7.34. The normalized spacial score (nSPS) is 30.7. The smallest absolute Gasteiger partial charge is 0.0976 e. The summed E-state index contributed by atoms with van der Waals surface area (Å²) in [5.74, 6) is 0.808. The highest BCUT2D eigenvalue weighted by atomic mass is 16.5. The third kappa shape index (κ3) is 1.80. The molecule has 3 rings (SSSR count). The molecule has 0 aromatic heterocycles. The van der Waals surface area contributed by atoms with Crippen molar-refractivity contribution < 1.29 is 4.74 Å². The monoisotopic (exact) mass is 203 g/mol. The molecule has 2 unspecified atom stereocenters. The van der Waals surface area contributed by atoms with Gasteiger partial charge < -0.3 is 10.5 Å². The largest absolute Gasteiger partial charge is 0.372 e. The van der Waals surface area contributed by atoms with Crippen LogP contribution in [0.4, 0.5) is 0 Å². The van der Waals surface area contributed by atoms with E-state index >= 15 is 0 Å². The molecular formula is C13H17NO. The van der Waals surface area contributed by atoms with E-state index < -0.39 is 0 Å². The van der Waals surface area contributed by atoms with E-state index in [9.17, 15) is 0 Å². The van der Waals surface area contributed by atoms with Gasteiger partial charge in [-0.25, -0.2) is 0 Å². The molecule has 0 bridgehead atoms. The zero-order valence-electron chi connectivity index (χ0n) is 8.86. The van der Waals surface area contributed by atoms with Crippen molar-refractivity contribution >= 4 is 0 Å². The first-order valence-electron chi connectivity index (χ1n) is 5.81. The second-order valence-corrected chi connectivity index (χ2v) is 4.69. The number of hydrogen-bond donors (Lipinski definition) is 1. The van der Waals surface area contributed by atoms with Crippen LogP contribution in [0.3, 0.4) is 0 Å². The number of ether oxygens (including phenoxy) is 1. The van der Waals surface area contributed by atoms with E-state index in [0.717, 1.165) is 18.9 Å². The fraction of sp³-hybridized carbons (Fsp3) is 0.538. The maximum Gasteiger partial charge on any atom is 0.0976 e. The Morgan fingerprint density at radius 1 is 1.13 bits per heavy atom. The van der Waals surface area contributed by atoms with Gasteiger partial charge in [0.2, 0.25) is 0 Å². The van der Waals surface area contributed by atoms with Crippen molar-refractivity contribution in [3.05, 3.63) is 35.4 Å². The summed E-state index contributed by atoms with van der Waals surface area (Å²) < 4.78 is 5.68. The van der Waals surface area contributed by atoms with Gasteiger partial charge in [-0.3, -0.25) is 0 Å². The van der Waals surface area contributed by atoms with Crippen LogP contribution in [0.25, 0.3) is 0 Å². The van der Waals surface area contributed by atoms with Crippen molar-refractivity contribution in [1.29, 1.82) is 0 Å². The Balaban J connectivity index is 1.87. The van der Waals surface area contributed by atoms with Crippen molar-refractivity contribution in [2.75, 3.05) is 6.61 Å². The topological polar surface area (TPSA) is 35.2 Å². The molecule has 1 saturated carbocycles. The number of rotatable bonds is 2. The van der Waals surface area contributed by atoms with Crippen molar-refractivity contribution in [1.82, 2.24) is 0 Å². The number of nitrogens with two attached hydrogens (primary N) is 1. The lowest BCUT2D eigenvalue weighted by atomic mass is 9.99. The molecule has 2 heteroatoms. The Morgan fingerprint density at radius 2 is 1.93 bits per heavy atom. The predicted molar refractivity (Wildman–Crippen MR) is 59.7 cm³/mol. The Kier molecular flexibility index (Phi) is 2.26. The van der Waals surface area contributed by atoms with E-state index in [1.54, 1.807) is 0 Å². The molecule has 0 spiro atoms. The lowest BCUT2D eigenvalue weighted by Gasteiger charge is -2.15. The average molecular weight is 203 g/mol. The highest BCUT2D eigenvalue weighted by molar-refractivity contribution is 5.31. The quantitative estimate of drug-likeness (QED) is 0.800. The zero-order chi connectivity index (χ0) is 10.3. The number of benzene rings is 1. The van der Waals surface area contributed by atoms with Crippen molar-refractivity contribution in [3.8, 4) is 0 Å². The maximum absolute atomic E-state index is 6.03. The van der Waals surface area contributed by atoms with Crippen LogP contribution >= 0.6 is 0 Å². The van der Waals surface area contributed by atoms with Gasteiger partial charge in [0.05, 0.1) is 6.10 Å². The zero-order valence-corrected chi connectivity index (χ0v) is 8.86. The van der Waals surface area contributed by atoms with Gasteiger partial charge in [0.1, 0.15) is 0 Å². The summed E-state index contributed by atoms with van der Waals surface area (Å²) in [6.07, 6.45) is 3.81. The number of hydrogen-bond acceptors (Lipinski definition) is 2. The van der Waals surface area contributed by atoms with Gasteiger partial charge in [0.25, 0.3) is 0 Å². The average Bonchev–Trinajstić information content (AvgIpc) is 3.02.